The van der Waals surface area contributed by atoms with E-state index in [1.165, 1.54) is 44.4 Å². The standard InChI is InChI=1S/C20H23N3O6S/c1-21(2)30(27,28)17-8-9-19(22-10-3-4-11-22)18(13-17)20(24)29-14-15-6-5-7-16(12-15)23(25)26/h5-9,12-13H,3-4,10-11,14H2,1-2H3. The highest BCUT2D eigenvalue weighted by molar-refractivity contribution is 7.89. The van der Waals surface area contributed by atoms with E-state index in [0.717, 1.165) is 30.2 Å². The SMILES string of the molecule is CN(C)S(=O)(=O)c1ccc(N2CCCC2)c(C(=O)OCc2cccc([N+](=O)[O-])c2)c1. The first-order chi connectivity index (χ1) is 14.2. The Labute approximate surface area is 175 Å². The van der Waals surface area contributed by atoms with E-state index in [1.54, 1.807) is 12.1 Å². The van der Waals surface area contributed by atoms with Crippen LogP contribution in [0.25, 0.3) is 0 Å². The number of rotatable bonds is 7. The predicted molar refractivity (Wildman–Crippen MR) is 111 cm³/mol. The Hall–Kier alpha value is -2.98. The average Bonchev–Trinajstić information content (AvgIpc) is 3.26. The lowest BCUT2D eigenvalue weighted by Crippen LogP contribution is -2.24. The fraction of sp³-hybridized carbons (Fsp3) is 0.350. The molecule has 0 aliphatic carbocycles. The zero-order chi connectivity index (χ0) is 21.9. The Bertz CT molecular complexity index is 1060. The highest BCUT2D eigenvalue weighted by Gasteiger charge is 2.25. The fourth-order valence-electron chi connectivity index (χ4n) is 3.27. The summed E-state index contributed by atoms with van der Waals surface area (Å²) in [7, 11) is -0.882. The Morgan fingerprint density at radius 2 is 1.87 bits per heavy atom. The monoisotopic (exact) mass is 433 g/mol. The minimum atomic E-state index is -3.72. The molecule has 0 radical (unpaired) electrons. The lowest BCUT2D eigenvalue weighted by Gasteiger charge is -2.22. The van der Waals surface area contributed by atoms with Crippen molar-refractivity contribution in [3.63, 3.8) is 0 Å². The number of non-ortho nitro benzene ring substituents is 1. The van der Waals surface area contributed by atoms with Gasteiger partial charge < -0.3 is 9.64 Å². The van der Waals surface area contributed by atoms with Crippen LogP contribution in [0.3, 0.4) is 0 Å². The van der Waals surface area contributed by atoms with Gasteiger partial charge in [-0.15, -0.1) is 0 Å². The van der Waals surface area contributed by atoms with Gasteiger partial charge >= 0.3 is 5.97 Å². The molecule has 0 aromatic heterocycles. The summed E-state index contributed by atoms with van der Waals surface area (Å²) >= 11 is 0. The molecule has 2 aromatic carbocycles. The van der Waals surface area contributed by atoms with Gasteiger partial charge in [0.25, 0.3) is 5.69 Å². The number of ether oxygens (including phenoxy) is 1. The van der Waals surface area contributed by atoms with Gasteiger partial charge in [-0.3, -0.25) is 10.1 Å². The van der Waals surface area contributed by atoms with Gasteiger partial charge in [0.05, 0.1) is 21.1 Å². The second-order valence-electron chi connectivity index (χ2n) is 7.16. The third-order valence-electron chi connectivity index (χ3n) is 4.90. The highest BCUT2D eigenvalue weighted by Crippen LogP contribution is 2.29. The molecule has 0 bridgehead atoms. The number of nitrogens with zero attached hydrogens (tertiary/aromatic N) is 3. The summed E-state index contributed by atoms with van der Waals surface area (Å²) in [6.07, 6.45) is 1.97. The zero-order valence-corrected chi connectivity index (χ0v) is 17.6. The maximum absolute atomic E-state index is 12.9. The van der Waals surface area contributed by atoms with Crippen LogP contribution in [0.15, 0.2) is 47.4 Å². The van der Waals surface area contributed by atoms with E-state index in [0.29, 0.717) is 11.3 Å². The predicted octanol–water partition coefficient (Wildman–Crippen LogP) is 2.80. The summed E-state index contributed by atoms with van der Waals surface area (Å²) in [5.74, 6) is -0.681. The average molecular weight is 433 g/mol. The van der Waals surface area contributed by atoms with Gasteiger partial charge in [0.15, 0.2) is 0 Å². The number of hydrogen-bond acceptors (Lipinski definition) is 7. The zero-order valence-electron chi connectivity index (χ0n) is 16.8. The van der Waals surface area contributed by atoms with Crippen molar-refractivity contribution in [2.75, 3.05) is 32.1 Å². The number of sulfonamides is 1. The lowest BCUT2D eigenvalue weighted by molar-refractivity contribution is -0.384. The molecule has 9 nitrogen and oxygen atoms in total. The van der Waals surface area contributed by atoms with Gasteiger partial charge in [0.1, 0.15) is 6.61 Å². The topological polar surface area (TPSA) is 110 Å². The first kappa shape index (κ1) is 21.7. The van der Waals surface area contributed by atoms with Crippen molar-refractivity contribution in [1.82, 2.24) is 4.31 Å². The number of esters is 1. The molecule has 1 heterocycles. The van der Waals surface area contributed by atoms with Gasteiger partial charge in [0, 0.05) is 39.3 Å². The molecule has 0 unspecified atom stereocenters. The number of hydrogen-bond donors (Lipinski definition) is 0. The first-order valence-electron chi connectivity index (χ1n) is 9.42. The van der Waals surface area contributed by atoms with Crippen molar-refractivity contribution in [3.05, 3.63) is 63.7 Å². The van der Waals surface area contributed by atoms with E-state index in [-0.39, 0.29) is 22.8 Å². The first-order valence-corrected chi connectivity index (χ1v) is 10.9. The third kappa shape index (κ3) is 4.60. The molecule has 0 atom stereocenters. The minimum Gasteiger partial charge on any atom is -0.457 e. The molecule has 160 valence electrons. The van der Waals surface area contributed by atoms with Gasteiger partial charge in [-0.05, 0) is 36.6 Å². The van der Waals surface area contributed by atoms with Gasteiger partial charge in [0.2, 0.25) is 10.0 Å². The maximum Gasteiger partial charge on any atom is 0.340 e. The van der Waals surface area contributed by atoms with E-state index >= 15 is 0 Å². The normalized spacial score (nSPS) is 14.2. The van der Waals surface area contributed by atoms with Crippen LogP contribution in [0, 0.1) is 10.1 Å². The van der Waals surface area contributed by atoms with Crippen LogP contribution in [0.5, 0.6) is 0 Å². The second-order valence-corrected chi connectivity index (χ2v) is 9.32. The number of anilines is 1. The number of nitro benzene ring substituents is 1. The summed E-state index contributed by atoms with van der Waals surface area (Å²) in [4.78, 5) is 25.3. The van der Waals surface area contributed by atoms with Crippen molar-refractivity contribution in [2.24, 2.45) is 0 Å². The largest absolute Gasteiger partial charge is 0.457 e. The van der Waals surface area contributed by atoms with Crippen molar-refractivity contribution >= 4 is 27.4 Å². The summed E-state index contributed by atoms with van der Waals surface area (Å²) < 4.78 is 31.5. The molecule has 0 saturated carbocycles. The van der Waals surface area contributed by atoms with Gasteiger partial charge in [-0.2, -0.15) is 0 Å². The third-order valence-corrected chi connectivity index (χ3v) is 6.72. The number of benzene rings is 2. The molecule has 10 heteroatoms. The Morgan fingerprint density at radius 1 is 1.17 bits per heavy atom. The van der Waals surface area contributed by atoms with Crippen LogP contribution >= 0.6 is 0 Å². The summed E-state index contributed by atoms with van der Waals surface area (Å²) in [6, 6.07) is 10.3. The number of carbonyl (C=O) groups is 1. The van der Waals surface area contributed by atoms with Crippen LogP contribution in [0.4, 0.5) is 11.4 Å². The van der Waals surface area contributed by atoms with E-state index in [1.807, 2.05) is 4.90 Å². The van der Waals surface area contributed by atoms with Crippen LogP contribution in [-0.4, -0.2) is 50.8 Å². The lowest BCUT2D eigenvalue weighted by atomic mass is 10.1. The van der Waals surface area contributed by atoms with Crippen molar-refractivity contribution < 1.29 is 22.9 Å². The smallest absolute Gasteiger partial charge is 0.340 e. The summed E-state index contributed by atoms with van der Waals surface area (Å²) in [5, 5.41) is 10.9. The number of nitro groups is 1. The Balaban J connectivity index is 1.90. The number of carbonyl (C=O) groups excluding carboxylic acids is 1. The molecule has 1 aliphatic rings. The van der Waals surface area contributed by atoms with E-state index in [2.05, 4.69) is 0 Å². The minimum absolute atomic E-state index is 0.00209. The second kappa shape index (κ2) is 8.80. The van der Waals surface area contributed by atoms with E-state index < -0.39 is 20.9 Å². The Morgan fingerprint density at radius 3 is 2.50 bits per heavy atom. The molecule has 0 N–H and O–H groups in total. The molecule has 0 amide bonds. The van der Waals surface area contributed by atoms with Gasteiger partial charge in [-0.1, -0.05) is 12.1 Å². The molecule has 1 aliphatic heterocycles. The molecule has 2 aromatic rings. The highest BCUT2D eigenvalue weighted by atomic mass is 32.2. The molecular weight excluding hydrogens is 410 g/mol. The fourth-order valence-corrected chi connectivity index (χ4v) is 4.20. The van der Waals surface area contributed by atoms with Crippen molar-refractivity contribution in [2.45, 2.75) is 24.3 Å². The summed E-state index contributed by atoms with van der Waals surface area (Å²) in [5.41, 5.74) is 1.15. The van der Waals surface area contributed by atoms with Crippen LogP contribution in [0.2, 0.25) is 0 Å². The molecule has 30 heavy (non-hydrogen) atoms. The molecular formula is C20H23N3O6S. The van der Waals surface area contributed by atoms with Crippen LogP contribution in [0.1, 0.15) is 28.8 Å². The molecule has 1 fully saturated rings. The Kier molecular flexibility index (Phi) is 6.37. The summed E-state index contributed by atoms with van der Waals surface area (Å²) in [6.45, 7) is 1.38. The van der Waals surface area contributed by atoms with E-state index in [9.17, 15) is 23.3 Å². The molecule has 1 saturated heterocycles. The molecule has 3 rings (SSSR count). The van der Waals surface area contributed by atoms with Crippen LogP contribution in [-0.2, 0) is 21.4 Å². The van der Waals surface area contributed by atoms with Crippen LogP contribution < -0.4 is 4.90 Å². The van der Waals surface area contributed by atoms with Crippen molar-refractivity contribution in [3.8, 4) is 0 Å². The quantitative estimate of drug-likeness (QED) is 0.375. The van der Waals surface area contributed by atoms with E-state index in [4.69, 9.17) is 4.74 Å². The molecule has 0 spiro atoms. The van der Waals surface area contributed by atoms with Gasteiger partial charge in [-0.25, -0.2) is 17.5 Å². The maximum atomic E-state index is 12.9. The van der Waals surface area contributed by atoms with Crippen molar-refractivity contribution in [1.29, 1.82) is 0 Å².